The molecule has 1 unspecified atom stereocenters. The number of rotatable bonds is 7. The van der Waals surface area contributed by atoms with Crippen molar-refractivity contribution in [3.8, 4) is 5.75 Å². The Bertz CT molecular complexity index is 1190. The predicted octanol–water partition coefficient (Wildman–Crippen LogP) is 6.08. The summed E-state index contributed by atoms with van der Waals surface area (Å²) in [5.74, 6) is 0.545. The minimum absolute atomic E-state index is 0.0212. The van der Waals surface area contributed by atoms with Crippen molar-refractivity contribution >= 4 is 23.2 Å². The normalized spacial score (nSPS) is 15.4. The molecule has 190 valence electrons. The minimum Gasteiger partial charge on any atom is -0.497 e. The van der Waals surface area contributed by atoms with Crippen molar-refractivity contribution in [1.82, 2.24) is 9.80 Å². The summed E-state index contributed by atoms with van der Waals surface area (Å²) in [4.78, 5) is 32.1. The first-order valence-corrected chi connectivity index (χ1v) is 13.5. The zero-order valence-corrected chi connectivity index (χ0v) is 22.7. The number of benzene rings is 2. The van der Waals surface area contributed by atoms with Crippen LogP contribution in [0.3, 0.4) is 0 Å². The molecule has 0 radical (unpaired) electrons. The van der Waals surface area contributed by atoms with E-state index in [0.717, 1.165) is 18.4 Å². The average molecular weight is 505 g/mol. The number of carbonyl (C=O) groups is 2. The van der Waals surface area contributed by atoms with Crippen molar-refractivity contribution in [2.45, 2.75) is 52.0 Å². The molecule has 0 N–H and O–H groups in total. The molecule has 6 heteroatoms. The molecule has 2 amide bonds. The van der Waals surface area contributed by atoms with Crippen molar-refractivity contribution in [1.29, 1.82) is 0 Å². The van der Waals surface area contributed by atoms with Gasteiger partial charge in [-0.3, -0.25) is 9.59 Å². The molecular formula is C30H36N2O3S. The van der Waals surface area contributed by atoms with Gasteiger partial charge in [-0.05, 0) is 70.7 Å². The van der Waals surface area contributed by atoms with E-state index in [2.05, 4.69) is 56.5 Å². The van der Waals surface area contributed by atoms with E-state index in [4.69, 9.17) is 4.74 Å². The van der Waals surface area contributed by atoms with Crippen LogP contribution in [0.1, 0.15) is 72.1 Å². The van der Waals surface area contributed by atoms with Crippen molar-refractivity contribution in [3.05, 3.63) is 87.1 Å². The second-order valence-corrected chi connectivity index (χ2v) is 11.4. The van der Waals surface area contributed by atoms with Crippen LogP contribution in [0.4, 0.5) is 0 Å². The molecule has 2 aromatic carbocycles. The highest BCUT2D eigenvalue weighted by atomic mass is 32.1. The lowest BCUT2D eigenvalue weighted by atomic mass is 9.85. The first-order valence-electron chi connectivity index (χ1n) is 12.6. The lowest BCUT2D eigenvalue weighted by Gasteiger charge is -2.38. The maximum absolute atomic E-state index is 13.8. The molecule has 2 heterocycles. The Morgan fingerprint density at radius 1 is 1.06 bits per heavy atom. The van der Waals surface area contributed by atoms with Crippen molar-refractivity contribution in [3.63, 3.8) is 0 Å². The van der Waals surface area contributed by atoms with Gasteiger partial charge in [-0.1, -0.05) is 52.0 Å². The van der Waals surface area contributed by atoms with E-state index in [0.29, 0.717) is 24.4 Å². The lowest BCUT2D eigenvalue weighted by Crippen LogP contribution is -2.47. The van der Waals surface area contributed by atoms with Crippen LogP contribution in [0.25, 0.3) is 0 Å². The lowest BCUT2D eigenvalue weighted by molar-refractivity contribution is -0.134. The summed E-state index contributed by atoms with van der Waals surface area (Å²) in [5, 5.41) is 2.12. The SMILES string of the molecule is CCCN(CC(=O)N1CCc2sccc2C1c1ccc(C(C)(C)C)cc1)C(=O)c1ccc(OC)cc1. The summed E-state index contributed by atoms with van der Waals surface area (Å²) in [5.41, 5.74) is 4.21. The van der Waals surface area contributed by atoms with E-state index in [-0.39, 0.29) is 29.8 Å². The Morgan fingerprint density at radius 2 is 1.75 bits per heavy atom. The van der Waals surface area contributed by atoms with Crippen LogP contribution in [0.2, 0.25) is 0 Å². The zero-order chi connectivity index (χ0) is 25.9. The smallest absolute Gasteiger partial charge is 0.254 e. The van der Waals surface area contributed by atoms with E-state index in [1.54, 1.807) is 47.6 Å². The number of fused-ring (bicyclic) bond motifs is 1. The standard InChI is InChI=1S/C30H36N2O3S/c1-6-17-31(29(34)22-9-13-24(35-5)14-10-22)20-27(33)32-18-15-26-25(16-19-36-26)28(32)21-7-11-23(12-8-21)30(2,3)4/h7-14,16,19,28H,6,15,17-18,20H2,1-5H3. The Balaban J connectivity index is 1.60. The van der Waals surface area contributed by atoms with Gasteiger partial charge in [0.05, 0.1) is 13.2 Å². The van der Waals surface area contributed by atoms with Crippen LogP contribution < -0.4 is 4.74 Å². The van der Waals surface area contributed by atoms with Gasteiger partial charge < -0.3 is 14.5 Å². The van der Waals surface area contributed by atoms with Crippen LogP contribution in [0.15, 0.2) is 60.0 Å². The summed E-state index contributed by atoms with van der Waals surface area (Å²) in [6, 6.07) is 17.7. The molecule has 0 spiro atoms. The van der Waals surface area contributed by atoms with E-state index in [1.807, 2.05) is 11.8 Å². The summed E-state index contributed by atoms with van der Waals surface area (Å²) in [7, 11) is 1.60. The monoisotopic (exact) mass is 504 g/mol. The maximum Gasteiger partial charge on any atom is 0.254 e. The Hall–Kier alpha value is -3.12. The second kappa shape index (κ2) is 10.9. The van der Waals surface area contributed by atoms with E-state index in [1.165, 1.54) is 16.0 Å². The molecule has 1 aliphatic heterocycles. The van der Waals surface area contributed by atoms with Crippen LogP contribution in [0.5, 0.6) is 5.75 Å². The fourth-order valence-electron chi connectivity index (χ4n) is 4.80. The highest BCUT2D eigenvalue weighted by Gasteiger charge is 2.34. The molecule has 36 heavy (non-hydrogen) atoms. The summed E-state index contributed by atoms with van der Waals surface area (Å²) in [6.07, 6.45) is 1.62. The van der Waals surface area contributed by atoms with Gasteiger partial charge in [-0.25, -0.2) is 0 Å². The van der Waals surface area contributed by atoms with E-state index in [9.17, 15) is 9.59 Å². The molecule has 0 fully saturated rings. The fourth-order valence-corrected chi connectivity index (χ4v) is 5.71. The number of hydrogen-bond donors (Lipinski definition) is 0. The fraction of sp³-hybridized carbons (Fsp3) is 0.400. The minimum atomic E-state index is -0.138. The topological polar surface area (TPSA) is 49.9 Å². The van der Waals surface area contributed by atoms with Gasteiger partial charge in [0.25, 0.3) is 5.91 Å². The molecule has 0 saturated carbocycles. The molecule has 0 bridgehead atoms. The molecule has 3 aromatic rings. The van der Waals surface area contributed by atoms with Gasteiger partial charge in [0.2, 0.25) is 5.91 Å². The second-order valence-electron chi connectivity index (χ2n) is 10.4. The number of carbonyl (C=O) groups excluding carboxylic acids is 2. The van der Waals surface area contributed by atoms with Crippen LogP contribution in [-0.2, 0) is 16.6 Å². The molecule has 1 aromatic heterocycles. The molecule has 0 aliphatic carbocycles. The largest absolute Gasteiger partial charge is 0.497 e. The molecule has 4 rings (SSSR count). The van der Waals surface area contributed by atoms with Gasteiger partial charge in [-0.15, -0.1) is 11.3 Å². The third kappa shape index (κ3) is 5.49. The van der Waals surface area contributed by atoms with Crippen molar-refractivity contribution in [2.75, 3.05) is 26.7 Å². The van der Waals surface area contributed by atoms with Crippen LogP contribution >= 0.6 is 11.3 Å². The van der Waals surface area contributed by atoms with E-state index < -0.39 is 0 Å². The molecular weight excluding hydrogens is 468 g/mol. The number of ether oxygens (including phenoxy) is 1. The highest BCUT2D eigenvalue weighted by molar-refractivity contribution is 7.10. The van der Waals surface area contributed by atoms with Crippen LogP contribution in [-0.4, -0.2) is 48.4 Å². The highest BCUT2D eigenvalue weighted by Crippen LogP contribution is 2.38. The summed E-state index contributed by atoms with van der Waals surface area (Å²) >= 11 is 1.76. The van der Waals surface area contributed by atoms with Gasteiger partial charge in [-0.2, -0.15) is 0 Å². The Morgan fingerprint density at radius 3 is 2.36 bits per heavy atom. The van der Waals surface area contributed by atoms with Crippen LogP contribution in [0, 0.1) is 0 Å². The molecule has 1 atom stereocenters. The first-order chi connectivity index (χ1) is 17.2. The van der Waals surface area contributed by atoms with Gasteiger partial charge in [0.15, 0.2) is 0 Å². The predicted molar refractivity (Wildman–Crippen MR) is 146 cm³/mol. The van der Waals surface area contributed by atoms with Gasteiger partial charge in [0.1, 0.15) is 12.3 Å². The van der Waals surface area contributed by atoms with Crippen molar-refractivity contribution < 1.29 is 14.3 Å². The van der Waals surface area contributed by atoms with Gasteiger partial charge in [0, 0.05) is 23.5 Å². The number of thiophene rings is 1. The first kappa shape index (κ1) is 26.0. The number of nitrogens with zero attached hydrogens (tertiary/aromatic N) is 2. The summed E-state index contributed by atoms with van der Waals surface area (Å²) in [6.45, 7) is 9.88. The third-order valence-electron chi connectivity index (χ3n) is 6.82. The third-order valence-corrected chi connectivity index (χ3v) is 7.82. The van der Waals surface area contributed by atoms with E-state index >= 15 is 0 Å². The zero-order valence-electron chi connectivity index (χ0n) is 21.9. The number of methoxy groups -OCH3 is 1. The van der Waals surface area contributed by atoms with Gasteiger partial charge >= 0.3 is 0 Å². The van der Waals surface area contributed by atoms with Crippen molar-refractivity contribution in [2.24, 2.45) is 0 Å². The summed E-state index contributed by atoms with van der Waals surface area (Å²) < 4.78 is 5.22. The Labute approximate surface area is 218 Å². The maximum atomic E-state index is 13.8. The molecule has 1 aliphatic rings. The molecule has 5 nitrogen and oxygen atoms in total. The Kier molecular flexibility index (Phi) is 7.84. The number of hydrogen-bond acceptors (Lipinski definition) is 4. The molecule has 0 saturated heterocycles. The number of amides is 2. The average Bonchev–Trinajstić information content (AvgIpc) is 3.36. The quantitative estimate of drug-likeness (QED) is 0.392.